The number of methoxy groups -OCH3 is 2. The van der Waals surface area contributed by atoms with Gasteiger partial charge in [0.15, 0.2) is 0 Å². The number of fused-ring (bicyclic) bond motifs is 2. The quantitative estimate of drug-likeness (QED) is 0.262. The summed E-state index contributed by atoms with van der Waals surface area (Å²) in [6.07, 6.45) is 7.42. The van der Waals surface area contributed by atoms with Crippen molar-refractivity contribution in [3.8, 4) is 17.1 Å². The second-order valence-electron chi connectivity index (χ2n) is 12.5. The monoisotopic (exact) mass is 573 g/mol. The van der Waals surface area contributed by atoms with Crippen molar-refractivity contribution in [3.63, 3.8) is 0 Å². The number of hydrogen-bond donors (Lipinski definition) is 0. The standard InChI is InChI=1S/C32H39N5O5/c1-19-26(34-37-18-23(30(38)41-6)16-25(40-5)28(19)37)24-15-22-9-12-33-27(29(22)36(24)17-20-7-8-20)21-10-13-35(14-11-21)31(39)42-32(2,3)4/h9,12,15-16,18,20-21H,7-8,10-11,13-14,17H2,1-6H3. The van der Waals surface area contributed by atoms with Gasteiger partial charge >= 0.3 is 12.1 Å². The Morgan fingerprint density at radius 1 is 1.05 bits per heavy atom. The Labute approximate surface area is 245 Å². The van der Waals surface area contributed by atoms with E-state index in [1.54, 1.807) is 23.9 Å². The molecule has 2 aliphatic rings. The van der Waals surface area contributed by atoms with E-state index < -0.39 is 11.6 Å². The van der Waals surface area contributed by atoms with Crippen molar-refractivity contribution < 1.29 is 23.8 Å². The predicted molar refractivity (Wildman–Crippen MR) is 159 cm³/mol. The summed E-state index contributed by atoms with van der Waals surface area (Å²) in [5.74, 6) is 0.983. The molecule has 0 aromatic carbocycles. The first kappa shape index (κ1) is 28.1. The zero-order valence-corrected chi connectivity index (χ0v) is 25.3. The van der Waals surface area contributed by atoms with Gasteiger partial charge in [0.25, 0.3) is 0 Å². The number of esters is 1. The van der Waals surface area contributed by atoms with Crippen LogP contribution < -0.4 is 4.74 Å². The van der Waals surface area contributed by atoms with Gasteiger partial charge in [-0.1, -0.05) is 0 Å². The number of amides is 1. The summed E-state index contributed by atoms with van der Waals surface area (Å²) in [6.45, 7) is 9.91. The van der Waals surface area contributed by atoms with Gasteiger partial charge in [-0.2, -0.15) is 5.10 Å². The molecule has 6 rings (SSSR count). The van der Waals surface area contributed by atoms with Crippen LogP contribution >= 0.6 is 0 Å². The Hall–Kier alpha value is -4.08. The molecule has 0 radical (unpaired) electrons. The first-order valence-corrected chi connectivity index (χ1v) is 14.7. The third-order valence-electron chi connectivity index (χ3n) is 8.32. The summed E-state index contributed by atoms with van der Waals surface area (Å²) < 4.78 is 20.4. The Morgan fingerprint density at radius 2 is 1.79 bits per heavy atom. The molecule has 4 aromatic heterocycles. The van der Waals surface area contributed by atoms with Gasteiger partial charge in [0.2, 0.25) is 0 Å². The molecule has 222 valence electrons. The van der Waals surface area contributed by atoms with Crippen LogP contribution in [0.2, 0.25) is 0 Å². The van der Waals surface area contributed by atoms with Gasteiger partial charge in [-0.25, -0.2) is 14.1 Å². The lowest BCUT2D eigenvalue weighted by Gasteiger charge is -2.33. The molecule has 1 saturated carbocycles. The average Bonchev–Trinajstić information content (AvgIpc) is 3.63. The highest BCUT2D eigenvalue weighted by molar-refractivity contribution is 5.92. The molecular weight excluding hydrogens is 534 g/mol. The van der Waals surface area contributed by atoms with Gasteiger partial charge in [-0.15, -0.1) is 0 Å². The van der Waals surface area contributed by atoms with Crippen LogP contribution in [0.4, 0.5) is 4.79 Å². The summed E-state index contributed by atoms with van der Waals surface area (Å²) in [6, 6.07) is 5.98. The summed E-state index contributed by atoms with van der Waals surface area (Å²) in [5.41, 5.74) is 5.75. The smallest absolute Gasteiger partial charge is 0.410 e. The molecule has 5 heterocycles. The first-order valence-electron chi connectivity index (χ1n) is 14.7. The van der Waals surface area contributed by atoms with E-state index in [0.29, 0.717) is 30.3 Å². The summed E-state index contributed by atoms with van der Waals surface area (Å²) in [7, 11) is 2.96. The summed E-state index contributed by atoms with van der Waals surface area (Å²) in [4.78, 5) is 31.8. The van der Waals surface area contributed by atoms with Crippen molar-refractivity contribution in [2.75, 3.05) is 27.3 Å². The van der Waals surface area contributed by atoms with Gasteiger partial charge in [-0.3, -0.25) is 4.98 Å². The number of ether oxygens (including phenoxy) is 3. The number of rotatable bonds is 6. The SMILES string of the molecule is COC(=O)c1cc(OC)c2c(C)c(-c3cc4ccnc(C5CCN(C(=O)OC(C)(C)C)CC5)c4n3CC3CC3)nn2c1. The molecule has 1 saturated heterocycles. The molecule has 0 bridgehead atoms. The molecule has 0 spiro atoms. The maximum Gasteiger partial charge on any atom is 0.410 e. The number of aryl methyl sites for hydroxylation is 1. The van der Waals surface area contributed by atoms with Crippen LogP contribution in [-0.4, -0.2) is 69.0 Å². The van der Waals surface area contributed by atoms with E-state index in [1.807, 2.05) is 38.8 Å². The lowest BCUT2D eigenvalue weighted by atomic mass is 9.92. The van der Waals surface area contributed by atoms with Crippen LogP contribution in [-0.2, 0) is 16.0 Å². The minimum atomic E-state index is -0.512. The number of nitrogens with zero attached hydrogens (tertiary/aromatic N) is 5. The lowest BCUT2D eigenvalue weighted by Crippen LogP contribution is -2.41. The van der Waals surface area contributed by atoms with Crippen molar-refractivity contribution in [3.05, 3.63) is 47.4 Å². The normalized spacial score (nSPS) is 16.3. The molecule has 0 atom stereocenters. The highest BCUT2D eigenvalue weighted by Crippen LogP contribution is 2.41. The predicted octanol–water partition coefficient (Wildman–Crippen LogP) is 5.98. The second-order valence-corrected chi connectivity index (χ2v) is 12.5. The van der Waals surface area contributed by atoms with Gasteiger partial charge in [0.05, 0.1) is 36.7 Å². The number of aromatic nitrogens is 4. The molecule has 2 fully saturated rings. The molecule has 1 amide bonds. The minimum absolute atomic E-state index is 0.234. The van der Waals surface area contributed by atoms with E-state index in [-0.39, 0.29) is 12.0 Å². The van der Waals surface area contributed by atoms with E-state index >= 15 is 0 Å². The average molecular weight is 574 g/mol. The number of likely N-dealkylation sites (tertiary alicyclic amines) is 1. The number of pyridine rings is 2. The van der Waals surface area contributed by atoms with Crippen LogP contribution in [0.5, 0.6) is 5.75 Å². The molecule has 10 heteroatoms. The number of carbonyl (C=O) groups is 2. The van der Waals surface area contributed by atoms with Crippen molar-refractivity contribution in [1.29, 1.82) is 0 Å². The Kier molecular flexibility index (Phi) is 7.11. The van der Waals surface area contributed by atoms with E-state index in [4.69, 9.17) is 24.3 Å². The molecule has 42 heavy (non-hydrogen) atoms. The fourth-order valence-corrected chi connectivity index (χ4v) is 6.06. The summed E-state index contributed by atoms with van der Waals surface area (Å²) >= 11 is 0. The van der Waals surface area contributed by atoms with E-state index in [9.17, 15) is 9.59 Å². The van der Waals surface area contributed by atoms with E-state index in [0.717, 1.165) is 58.5 Å². The largest absolute Gasteiger partial charge is 0.494 e. The Morgan fingerprint density at radius 3 is 2.43 bits per heavy atom. The van der Waals surface area contributed by atoms with Gasteiger partial charge in [-0.05, 0) is 77.5 Å². The van der Waals surface area contributed by atoms with Crippen LogP contribution in [0.15, 0.2) is 30.6 Å². The second kappa shape index (κ2) is 10.6. The Bertz CT molecular complexity index is 1670. The van der Waals surface area contributed by atoms with Gasteiger partial charge in [0.1, 0.15) is 22.6 Å². The fourth-order valence-electron chi connectivity index (χ4n) is 6.06. The van der Waals surface area contributed by atoms with Crippen molar-refractivity contribution >= 4 is 28.5 Å². The van der Waals surface area contributed by atoms with Crippen LogP contribution in [0, 0.1) is 12.8 Å². The number of hydrogen-bond acceptors (Lipinski definition) is 7. The Balaban J connectivity index is 1.41. The van der Waals surface area contributed by atoms with Crippen molar-refractivity contribution in [2.45, 2.75) is 71.4 Å². The maximum atomic E-state index is 12.7. The third kappa shape index (κ3) is 5.18. The lowest BCUT2D eigenvalue weighted by molar-refractivity contribution is 0.0204. The van der Waals surface area contributed by atoms with Crippen LogP contribution in [0.25, 0.3) is 27.8 Å². The van der Waals surface area contributed by atoms with E-state index in [2.05, 4.69) is 16.7 Å². The molecule has 4 aromatic rings. The fraction of sp³-hybridized carbons (Fsp3) is 0.500. The minimum Gasteiger partial charge on any atom is -0.494 e. The van der Waals surface area contributed by atoms with Crippen molar-refractivity contribution in [2.24, 2.45) is 5.92 Å². The van der Waals surface area contributed by atoms with Crippen molar-refractivity contribution in [1.82, 2.24) is 24.1 Å². The molecule has 1 aliphatic carbocycles. The molecular formula is C32H39N5O5. The zero-order chi connectivity index (χ0) is 29.8. The van der Waals surface area contributed by atoms with E-state index in [1.165, 1.54) is 20.0 Å². The zero-order valence-electron chi connectivity index (χ0n) is 25.3. The van der Waals surface area contributed by atoms with Gasteiger partial charge in [0, 0.05) is 48.9 Å². The molecule has 10 nitrogen and oxygen atoms in total. The highest BCUT2D eigenvalue weighted by Gasteiger charge is 2.32. The third-order valence-corrected chi connectivity index (χ3v) is 8.32. The van der Waals surface area contributed by atoms with Crippen LogP contribution in [0.1, 0.15) is 74.0 Å². The topological polar surface area (TPSA) is 100 Å². The van der Waals surface area contributed by atoms with Gasteiger partial charge < -0.3 is 23.7 Å². The first-order chi connectivity index (χ1) is 20.1. The molecule has 1 aliphatic heterocycles. The summed E-state index contributed by atoms with van der Waals surface area (Å²) in [5, 5.41) is 6.11. The molecule has 0 N–H and O–H groups in total. The highest BCUT2D eigenvalue weighted by atomic mass is 16.6. The molecule has 0 unspecified atom stereocenters. The number of carbonyl (C=O) groups excluding carboxylic acids is 2. The van der Waals surface area contributed by atoms with Crippen LogP contribution in [0.3, 0.4) is 0 Å². The maximum absolute atomic E-state index is 12.7. The number of piperidine rings is 1.